The lowest BCUT2D eigenvalue weighted by Gasteiger charge is -1.89. The molecule has 0 fully saturated rings. The van der Waals surface area contributed by atoms with Crippen LogP contribution in [0.15, 0.2) is 0 Å². The second-order valence-corrected chi connectivity index (χ2v) is 2.90. The van der Waals surface area contributed by atoms with Crippen molar-refractivity contribution in [2.75, 3.05) is 0 Å². The predicted octanol–water partition coefficient (Wildman–Crippen LogP) is 0.523. The SMILES string of the molecule is O=C(Cl)P(=O)(O)O. The van der Waals surface area contributed by atoms with Gasteiger partial charge >= 0.3 is 12.6 Å². The molecule has 0 spiro atoms. The fourth-order valence-corrected chi connectivity index (χ4v) is 0. The molecule has 0 aromatic carbocycles. The molecule has 0 radical (unpaired) electrons. The highest BCUT2D eigenvalue weighted by Gasteiger charge is 2.21. The van der Waals surface area contributed by atoms with Gasteiger partial charge in [-0.1, -0.05) is 0 Å². The summed E-state index contributed by atoms with van der Waals surface area (Å²) in [6.45, 7) is 0. The molecule has 0 atom stereocenters. The van der Waals surface area contributed by atoms with Crippen LogP contribution in [0, 0.1) is 0 Å². The fraction of sp³-hybridized carbons (Fsp3) is 0. The lowest BCUT2D eigenvalue weighted by Crippen LogP contribution is -1.82. The van der Waals surface area contributed by atoms with Crippen molar-refractivity contribution in [1.82, 2.24) is 0 Å². The van der Waals surface area contributed by atoms with Crippen LogP contribution in [0.3, 0.4) is 0 Å². The van der Waals surface area contributed by atoms with Gasteiger partial charge in [0.05, 0.1) is 0 Å². The van der Waals surface area contributed by atoms with E-state index in [4.69, 9.17) is 9.79 Å². The van der Waals surface area contributed by atoms with Crippen LogP contribution in [0.5, 0.6) is 0 Å². The normalized spacial score (nSPS) is 11.3. The molecule has 0 bridgehead atoms. The van der Waals surface area contributed by atoms with E-state index >= 15 is 0 Å². The maximum Gasteiger partial charge on any atom is 0.407 e. The molecular formula is CH2ClO4P. The zero-order valence-electron chi connectivity index (χ0n) is 3.04. The molecule has 2 N–H and O–H groups in total. The highest BCUT2D eigenvalue weighted by Crippen LogP contribution is 2.37. The van der Waals surface area contributed by atoms with Gasteiger partial charge in [-0.25, -0.2) is 0 Å². The van der Waals surface area contributed by atoms with Crippen LogP contribution in [0.2, 0.25) is 0 Å². The topological polar surface area (TPSA) is 74.6 Å². The van der Waals surface area contributed by atoms with Gasteiger partial charge in [0, 0.05) is 0 Å². The Morgan fingerprint density at radius 3 is 1.71 bits per heavy atom. The largest absolute Gasteiger partial charge is 0.407 e. The number of carbonyl (C=O) groups excluding carboxylic acids is 1. The summed E-state index contributed by atoms with van der Waals surface area (Å²) in [6.07, 6.45) is 0. The smallest absolute Gasteiger partial charge is 0.318 e. The molecule has 7 heavy (non-hydrogen) atoms. The van der Waals surface area contributed by atoms with Crippen molar-refractivity contribution in [3.8, 4) is 0 Å². The Kier molecular flexibility index (Phi) is 1.95. The second kappa shape index (κ2) is 1.92. The molecule has 0 aliphatic carbocycles. The van der Waals surface area contributed by atoms with Gasteiger partial charge in [0.25, 0.3) is 0 Å². The van der Waals surface area contributed by atoms with Gasteiger partial charge in [-0.2, -0.15) is 0 Å². The van der Waals surface area contributed by atoms with Gasteiger partial charge in [-0.3, -0.25) is 9.36 Å². The molecule has 0 aromatic rings. The van der Waals surface area contributed by atoms with Crippen LogP contribution in [-0.4, -0.2) is 14.8 Å². The van der Waals surface area contributed by atoms with Gasteiger partial charge in [0.15, 0.2) is 0 Å². The number of halogens is 1. The summed E-state index contributed by atoms with van der Waals surface area (Å²) in [5.41, 5.74) is 0. The average Bonchev–Trinajstić information content (AvgIpc) is 1.31. The molecule has 0 unspecified atom stereocenters. The van der Waals surface area contributed by atoms with Crippen LogP contribution in [-0.2, 0) is 4.57 Å². The molecule has 0 heterocycles. The summed E-state index contributed by atoms with van der Waals surface area (Å²) in [4.78, 5) is 23.3. The van der Waals surface area contributed by atoms with E-state index in [1.54, 1.807) is 0 Å². The predicted molar refractivity (Wildman–Crippen MR) is 23.3 cm³/mol. The summed E-state index contributed by atoms with van der Waals surface area (Å²) in [5.74, 6) is 0. The Bertz CT molecular complexity index is 124. The van der Waals surface area contributed by atoms with Crippen molar-refractivity contribution >= 4 is 24.2 Å². The van der Waals surface area contributed by atoms with E-state index in [9.17, 15) is 9.36 Å². The Morgan fingerprint density at radius 2 is 1.71 bits per heavy atom. The molecule has 6 heteroatoms. The minimum atomic E-state index is -4.61. The molecule has 4 nitrogen and oxygen atoms in total. The first-order chi connectivity index (χ1) is 2.94. The van der Waals surface area contributed by atoms with Gasteiger partial charge in [-0.15, -0.1) is 0 Å². The third kappa shape index (κ3) is 2.76. The molecule has 0 amide bonds. The molecule has 0 saturated heterocycles. The van der Waals surface area contributed by atoms with E-state index in [1.807, 2.05) is 0 Å². The van der Waals surface area contributed by atoms with Crippen molar-refractivity contribution < 1.29 is 19.1 Å². The first-order valence-electron chi connectivity index (χ1n) is 1.20. The molecule has 42 valence electrons. The minimum Gasteiger partial charge on any atom is -0.318 e. The Labute approximate surface area is 44.3 Å². The summed E-state index contributed by atoms with van der Waals surface area (Å²) < 4.78 is 9.54. The minimum absolute atomic E-state index is 1.62. The summed E-state index contributed by atoms with van der Waals surface area (Å²) in [6, 6.07) is 0. The van der Waals surface area contributed by atoms with E-state index in [-0.39, 0.29) is 0 Å². The average molecular weight is 144 g/mol. The van der Waals surface area contributed by atoms with Gasteiger partial charge < -0.3 is 9.79 Å². The van der Waals surface area contributed by atoms with Crippen molar-refractivity contribution in [2.45, 2.75) is 0 Å². The van der Waals surface area contributed by atoms with Crippen molar-refractivity contribution in [1.29, 1.82) is 0 Å². The Morgan fingerprint density at radius 1 is 1.57 bits per heavy atom. The number of hydrogen-bond acceptors (Lipinski definition) is 2. The van der Waals surface area contributed by atoms with E-state index in [2.05, 4.69) is 11.6 Å². The number of carbonyl (C=O) groups is 1. The van der Waals surface area contributed by atoms with Gasteiger partial charge in [-0.05, 0) is 11.6 Å². The lowest BCUT2D eigenvalue weighted by atomic mass is 11.8. The van der Waals surface area contributed by atoms with Crippen LogP contribution in [0.1, 0.15) is 0 Å². The first-order valence-corrected chi connectivity index (χ1v) is 3.19. The molecule has 0 aliphatic heterocycles. The van der Waals surface area contributed by atoms with E-state index in [1.165, 1.54) is 0 Å². The molecule has 0 saturated carbocycles. The third-order valence-corrected chi connectivity index (χ3v) is 1.35. The molecule has 0 aromatic heterocycles. The standard InChI is InChI=1S/CH2ClO4P/c2-1(3)7(4,5)6/h(H2,4,5,6). The monoisotopic (exact) mass is 144 g/mol. The van der Waals surface area contributed by atoms with Crippen LogP contribution < -0.4 is 0 Å². The first kappa shape index (κ1) is 7.11. The third-order valence-electron chi connectivity index (χ3n) is 0.229. The summed E-state index contributed by atoms with van der Waals surface area (Å²) in [7, 11) is -4.61. The highest BCUT2D eigenvalue weighted by atomic mass is 35.5. The van der Waals surface area contributed by atoms with E-state index < -0.39 is 12.6 Å². The van der Waals surface area contributed by atoms with E-state index in [0.29, 0.717) is 0 Å². The second-order valence-electron chi connectivity index (χ2n) is 0.797. The molecular weight excluding hydrogens is 142 g/mol. The maximum absolute atomic E-state index is 9.54. The number of hydrogen-bond donors (Lipinski definition) is 2. The van der Waals surface area contributed by atoms with E-state index in [0.717, 1.165) is 0 Å². The quantitative estimate of drug-likeness (QED) is 0.416. The summed E-state index contributed by atoms with van der Waals surface area (Å²) >= 11 is 4.35. The lowest BCUT2D eigenvalue weighted by molar-refractivity contribution is 0.265. The Balaban J connectivity index is 4.09. The van der Waals surface area contributed by atoms with Crippen molar-refractivity contribution in [3.63, 3.8) is 0 Å². The van der Waals surface area contributed by atoms with Crippen LogP contribution in [0.4, 0.5) is 4.79 Å². The highest BCUT2D eigenvalue weighted by molar-refractivity contribution is 7.75. The van der Waals surface area contributed by atoms with Crippen LogP contribution in [0.25, 0.3) is 0 Å². The van der Waals surface area contributed by atoms with Gasteiger partial charge in [0.1, 0.15) is 0 Å². The van der Waals surface area contributed by atoms with Crippen molar-refractivity contribution in [3.05, 3.63) is 0 Å². The Hall–Kier alpha value is 0.110. The fourth-order valence-electron chi connectivity index (χ4n) is 0. The molecule has 0 rings (SSSR count). The number of rotatable bonds is 1. The molecule has 0 aliphatic rings. The zero-order chi connectivity index (χ0) is 6.08. The van der Waals surface area contributed by atoms with Crippen molar-refractivity contribution in [2.24, 2.45) is 0 Å². The zero-order valence-corrected chi connectivity index (χ0v) is 4.69. The summed E-state index contributed by atoms with van der Waals surface area (Å²) in [5, 5.41) is 0. The van der Waals surface area contributed by atoms with Crippen LogP contribution >= 0.6 is 19.2 Å². The maximum atomic E-state index is 9.54. The van der Waals surface area contributed by atoms with Gasteiger partial charge in [0.2, 0.25) is 0 Å².